The second-order valence-electron chi connectivity index (χ2n) is 5.48. The molecule has 0 bridgehead atoms. The van der Waals surface area contributed by atoms with Crippen LogP contribution in [-0.2, 0) is 16.0 Å². The van der Waals surface area contributed by atoms with Crippen molar-refractivity contribution in [1.82, 2.24) is 5.32 Å². The molecule has 1 unspecified atom stereocenters. The van der Waals surface area contributed by atoms with Crippen LogP contribution >= 0.6 is 0 Å². The number of hydrogen-bond donors (Lipinski definition) is 1. The Kier molecular flexibility index (Phi) is 5.07. The number of ether oxygens (including phenoxy) is 3. The largest absolute Gasteiger partial charge is 0.466 e. The predicted molar refractivity (Wildman–Crippen MR) is 79.6 cm³/mol. The van der Waals surface area contributed by atoms with Crippen molar-refractivity contribution in [3.8, 4) is 11.5 Å². The molecule has 0 amide bonds. The van der Waals surface area contributed by atoms with E-state index in [0.717, 1.165) is 24.3 Å². The van der Waals surface area contributed by atoms with Crippen LogP contribution in [0.15, 0.2) is 18.2 Å². The maximum atomic E-state index is 11.7. The summed E-state index contributed by atoms with van der Waals surface area (Å²) in [5.74, 6) is 1.42. The molecule has 5 heteroatoms. The Morgan fingerprint density at radius 3 is 2.86 bits per heavy atom. The van der Waals surface area contributed by atoms with E-state index in [9.17, 15) is 4.79 Å². The summed E-state index contributed by atoms with van der Waals surface area (Å²) in [5.41, 5.74) is 0.896. The van der Waals surface area contributed by atoms with Gasteiger partial charge in [0.25, 0.3) is 0 Å². The third kappa shape index (κ3) is 4.11. The van der Waals surface area contributed by atoms with Crippen molar-refractivity contribution in [2.45, 2.75) is 38.6 Å². The van der Waals surface area contributed by atoms with E-state index in [1.54, 1.807) is 0 Å². The highest BCUT2D eigenvalue weighted by Gasteiger charge is 2.26. The molecular formula is C16H23NO4. The van der Waals surface area contributed by atoms with Crippen molar-refractivity contribution in [1.29, 1.82) is 0 Å². The number of hydrogen-bond acceptors (Lipinski definition) is 5. The number of aryl methyl sites for hydroxylation is 1. The minimum absolute atomic E-state index is 0.167. The van der Waals surface area contributed by atoms with E-state index in [-0.39, 0.29) is 18.3 Å². The number of carbonyl (C=O) groups excluding carboxylic acids is 1. The lowest BCUT2D eigenvalue weighted by Crippen LogP contribution is -2.42. The quantitative estimate of drug-likeness (QED) is 0.782. The Labute approximate surface area is 125 Å². The van der Waals surface area contributed by atoms with Gasteiger partial charge in [-0.25, -0.2) is 0 Å². The SMILES string of the molecule is CCOC(=O)CC(C)(CCc1ccc2c(c1)OCO2)NC. The second kappa shape index (κ2) is 6.80. The summed E-state index contributed by atoms with van der Waals surface area (Å²) in [6.07, 6.45) is 2.05. The minimum Gasteiger partial charge on any atom is -0.466 e. The number of rotatable bonds is 7. The zero-order chi connectivity index (χ0) is 15.3. The highest BCUT2D eigenvalue weighted by Crippen LogP contribution is 2.33. The highest BCUT2D eigenvalue weighted by atomic mass is 16.7. The lowest BCUT2D eigenvalue weighted by Gasteiger charge is -2.28. The Bertz CT molecular complexity index is 503. The van der Waals surface area contributed by atoms with Crippen LogP contribution in [0.1, 0.15) is 32.3 Å². The summed E-state index contributed by atoms with van der Waals surface area (Å²) in [5, 5.41) is 3.23. The monoisotopic (exact) mass is 293 g/mol. The van der Waals surface area contributed by atoms with Gasteiger partial charge in [0.15, 0.2) is 11.5 Å². The van der Waals surface area contributed by atoms with Crippen LogP contribution < -0.4 is 14.8 Å². The zero-order valence-electron chi connectivity index (χ0n) is 12.9. The summed E-state index contributed by atoms with van der Waals surface area (Å²) in [7, 11) is 1.87. The van der Waals surface area contributed by atoms with Crippen LogP contribution in [0.4, 0.5) is 0 Å². The van der Waals surface area contributed by atoms with E-state index in [0.29, 0.717) is 13.0 Å². The normalized spacial score (nSPS) is 15.6. The average molecular weight is 293 g/mol. The number of fused-ring (bicyclic) bond motifs is 1. The Balaban J connectivity index is 1.94. The third-order valence-corrected chi connectivity index (χ3v) is 3.85. The van der Waals surface area contributed by atoms with Gasteiger partial charge in [0.1, 0.15) is 0 Å². The van der Waals surface area contributed by atoms with Gasteiger partial charge in [0.05, 0.1) is 13.0 Å². The van der Waals surface area contributed by atoms with Gasteiger partial charge in [-0.3, -0.25) is 4.79 Å². The molecule has 0 spiro atoms. The fourth-order valence-corrected chi connectivity index (χ4v) is 2.35. The van der Waals surface area contributed by atoms with Gasteiger partial charge in [-0.15, -0.1) is 0 Å². The molecule has 116 valence electrons. The predicted octanol–water partition coefficient (Wildman–Crippen LogP) is 2.28. The van der Waals surface area contributed by atoms with Crippen LogP contribution in [0, 0.1) is 0 Å². The van der Waals surface area contributed by atoms with Crippen molar-refractivity contribution in [2.75, 3.05) is 20.4 Å². The Morgan fingerprint density at radius 2 is 2.14 bits per heavy atom. The first-order chi connectivity index (χ1) is 10.1. The minimum atomic E-state index is -0.275. The summed E-state index contributed by atoms with van der Waals surface area (Å²) in [4.78, 5) is 11.7. The molecule has 0 saturated carbocycles. The molecule has 1 aromatic rings. The third-order valence-electron chi connectivity index (χ3n) is 3.85. The van der Waals surface area contributed by atoms with Crippen LogP contribution in [0.25, 0.3) is 0 Å². The number of esters is 1. The van der Waals surface area contributed by atoms with E-state index in [2.05, 4.69) is 5.32 Å². The summed E-state index contributed by atoms with van der Waals surface area (Å²) in [6, 6.07) is 5.97. The van der Waals surface area contributed by atoms with Gasteiger partial charge in [-0.1, -0.05) is 6.07 Å². The molecule has 21 heavy (non-hydrogen) atoms. The smallest absolute Gasteiger partial charge is 0.307 e. The topological polar surface area (TPSA) is 56.8 Å². The molecule has 1 aliphatic heterocycles. The molecule has 1 aliphatic rings. The van der Waals surface area contributed by atoms with Crippen LogP contribution in [0.3, 0.4) is 0 Å². The summed E-state index contributed by atoms with van der Waals surface area (Å²) >= 11 is 0. The van der Waals surface area contributed by atoms with Crippen molar-refractivity contribution < 1.29 is 19.0 Å². The van der Waals surface area contributed by atoms with E-state index >= 15 is 0 Å². The maximum Gasteiger partial charge on any atom is 0.307 e. The fourth-order valence-electron chi connectivity index (χ4n) is 2.35. The van der Waals surface area contributed by atoms with Gasteiger partial charge < -0.3 is 19.5 Å². The van der Waals surface area contributed by atoms with Crippen molar-refractivity contribution in [3.05, 3.63) is 23.8 Å². The average Bonchev–Trinajstić information content (AvgIpc) is 2.93. The first-order valence-electron chi connectivity index (χ1n) is 7.29. The lowest BCUT2D eigenvalue weighted by atomic mass is 9.90. The number of benzene rings is 1. The van der Waals surface area contributed by atoms with Gasteiger partial charge in [-0.05, 0) is 51.4 Å². The standard InChI is InChI=1S/C16H23NO4/c1-4-19-15(18)10-16(2,17-3)8-7-12-5-6-13-14(9-12)21-11-20-13/h5-6,9,17H,4,7-8,10-11H2,1-3H3. The molecular weight excluding hydrogens is 270 g/mol. The molecule has 0 saturated heterocycles. The molecule has 0 fully saturated rings. The molecule has 1 atom stereocenters. The van der Waals surface area contributed by atoms with Crippen molar-refractivity contribution in [3.63, 3.8) is 0 Å². The van der Waals surface area contributed by atoms with E-state index in [4.69, 9.17) is 14.2 Å². The Hall–Kier alpha value is -1.75. The van der Waals surface area contributed by atoms with Crippen LogP contribution in [-0.4, -0.2) is 32.0 Å². The first kappa shape index (κ1) is 15.6. The van der Waals surface area contributed by atoms with E-state index in [1.165, 1.54) is 5.56 Å². The fraction of sp³-hybridized carbons (Fsp3) is 0.562. The molecule has 0 aliphatic carbocycles. The molecule has 1 heterocycles. The Morgan fingerprint density at radius 1 is 1.38 bits per heavy atom. The maximum absolute atomic E-state index is 11.7. The number of carbonyl (C=O) groups is 1. The van der Waals surface area contributed by atoms with Gasteiger partial charge in [0.2, 0.25) is 6.79 Å². The molecule has 1 aromatic carbocycles. The first-order valence-corrected chi connectivity index (χ1v) is 7.29. The van der Waals surface area contributed by atoms with E-state index in [1.807, 2.05) is 39.1 Å². The van der Waals surface area contributed by atoms with Crippen molar-refractivity contribution >= 4 is 5.97 Å². The number of nitrogens with one attached hydrogen (secondary N) is 1. The molecule has 1 N–H and O–H groups in total. The van der Waals surface area contributed by atoms with Gasteiger partial charge >= 0.3 is 5.97 Å². The summed E-state index contributed by atoms with van der Waals surface area (Å²) in [6.45, 7) is 4.56. The molecule has 5 nitrogen and oxygen atoms in total. The zero-order valence-corrected chi connectivity index (χ0v) is 12.9. The second-order valence-corrected chi connectivity index (χ2v) is 5.48. The van der Waals surface area contributed by atoms with Crippen molar-refractivity contribution in [2.24, 2.45) is 0 Å². The molecule has 0 radical (unpaired) electrons. The van der Waals surface area contributed by atoms with Gasteiger partial charge in [0, 0.05) is 5.54 Å². The van der Waals surface area contributed by atoms with Crippen LogP contribution in [0.2, 0.25) is 0 Å². The van der Waals surface area contributed by atoms with Crippen LogP contribution in [0.5, 0.6) is 11.5 Å². The molecule has 0 aromatic heterocycles. The van der Waals surface area contributed by atoms with Gasteiger partial charge in [-0.2, -0.15) is 0 Å². The molecule has 2 rings (SSSR count). The lowest BCUT2D eigenvalue weighted by molar-refractivity contribution is -0.144. The highest BCUT2D eigenvalue weighted by molar-refractivity contribution is 5.70. The van der Waals surface area contributed by atoms with E-state index < -0.39 is 0 Å². The summed E-state index contributed by atoms with van der Waals surface area (Å²) < 4.78 is 15.7.